The highest BCUT2D eigenvalue weighted by atomic mass is 16.5. The Morgan fingerprint density at radius 2 is 1.91 bits per heavy atom. The molecule has 0 radical (unpaired) electrons. The van der Waals surface area contributed by atoms with Crippen molar-refractivity contribution in [3.05, 3.63) is 24.3 Å². The summed E-state index contributed by atoms with van der Waals surface area (Å²) in [6, 6.07) is 7.66. The Balaban J connectivity index is 1.83. The van der Waals surface area contributed by atoms with E-state index in [0.29, 0.717) is 19.7 Å². The van der Waals surface area contributed by atoms with E-state index in [1.807, 2.05) is 43.0 Å². The minimum absolute atomic E-state index is 0.0780. The number of amides is 1. The van der Waals surface area contributed by atoms with Crippen molar-refractivity contribution in [2.45, 2.75) is 45.3 Å². The van der Waals surface area contributed by atoms with Crippen molar-refractivity contribution in [3.8, 4) is 11.5 Å². The summed E-state index contributed by atoms with van der Waals surface area (Å²) in [4.78, 5) is 14.2. The van der Waals surface area contributed by atoms with E-state index in [1.165, 1.54) is 0 Å². The fourth-order valence-electron chi connectivity index (χ4n) is 2.71. The monoisotopic (exact) mass is 321 g/mol. The summed E-state index contributed by atoms with van der Waals surface area (Å²) >= 11 is 0. The van der Waals surface area contributed by atoms with Gasteiger partial charge in [0, 0.05) is 32.5 Å². The molecule has 0 saturated carbocycles. The van der Waals surface area contributed by atoms with Crippen LogP contribution in [0.1, 0.15) is 33.1 Å². The summed E-state index contributed by atoms with van der Waals surface area (Å²) in [5, 5.41) is 0. The van der Waals surface area contributed by atoms with E-state index in [1.54, 1.807) is 7.11 Å². The number of hydrogen-bond donors (Lipinski definition) is 0. The maximum atomic E-state index is 12.3. The number of benzene rings is 1. The summed E-state index contributed by atoms with van der Waals surface area (Å²) < 4.78 is 16.9. The van der Waals surface area contributed by atoms with E-state index in [4.69, 9.17) is 14.2 Å². The standard InChI is InChI=1S/C18H27NO4/c1-4-13-22-14(2)18(20)19-11-9-15(10-12-19)23-17-8-6-5-7-16(17)21-3/h5-8,14-15H,4,9-13H2,1-3H3. The lowest BCUT2D eigenvalue weighted by Gasteiger charge is -2.33. The van der Waals surface area contributed by atoms with Gasteiger partial charge in [0.05, 0.1) is 7.11 Å². The van der Waals surface area contributed by atoms with Gasteiger partial charge in [-0.25, -0.2) is 0 Å². The van der Waals surface area contributed by atoms with Crippen LogP contribution in [0.2, 0.25) is 0 Å². The molecule has 0 spiro atoms. The topological polar surface area (TPSA) is 48.0 Å². The van der Waals surface area contributed by atoms with Crippen LogP contribution in [0.4, 0.5) is 0 Å². The molecule has 1 atom stereocenters. The molecule has 2 rings (SSSR count). The molecule has 0 bridgehead atoms. The molecule has 1 aliphatic rings. The minimum atomic E-state index is -0.360. The Hall–Kier alpha value is -1.75. The number of para-hydroxylation sites is 2. The maximum absolute atomic E-state index is 12.3. The fraction of sp³-hybridized carbons (Fsp3) is 0.611. The number of hydrogen-bond acceptors (Lipinski definition) is 4. The molecule has 1 fully saturated rings. The molecule has 128 valence electrons. The fourth-order valence-corrected chi connectivity index (χ4v) is 2.71. The van der Waals surface area contributed by atoms with Crippen LogP contribution in [-0.4, -0.2) is 49.8 Å². The van der Waals surface area contributed by atoms with Crippen molar-refractivity contribution in [1.82, 2.24) is 4.90 Å². The zero-order valence-corrected chi connectivity index (χ0v) is 14.3. The van der Waals surface area contributed by atoms with Crippen molar-refractivity contribution in [3.63, 3.8) is 0 Å². The Labute approximate surface area is 138 Å². The van der Waals surface area contributed by atoms with Crippen LogP contribution in [0, 0.1) is 0 Å². The predicted octanol–water partition coefficient (Wildman–Crippen LogP) is 2.88. The molecule has 1 saturated heterocycles. The molecule has 1 heterocycles. The molecule has 0 N–H and O–H groups in total. The van der Waals surface area contributed by atoms with E-state index in [9.17, 15) is 4.79 Å². The number of nitrogens with zero attached hydrogens (tertiary/aromatic N) is 1. The second-order valence-corrected chi connectivity index (χ2v) is 5.81. The molecule has 0 aliphatic carbocycles. The third kappa shape index (κ3) is 4.86. The Kier molecular flexibility index (Phi) is 6.71. The number of methoxy groups -OCH3 is 1. The summed E-state index contributed by atoms with van der Waals surface area (Å²) in [6.07, 6.45) is 2.32. The van der Waals surface area contributed by atoms with Crippen LogP contribution in [0.3, 0.4) is 0 Å². The highest BCUT2D eigenvalue weighted by Gasteiger charge is 2.27. The summed E-state index contributed by atoms with van der Waals surface area (Å²) in [5.41, 5.74) is 0. The van der Waals surface area contributed by atoms with Gasteiger partial charge in [-0.1, -0.05) is 19.1 Å². The first kappa shape index (κ1) is 17.6. The molecule has 23 heavy (non-hydrogen) atoms. The number of likely N-dealkylation sites (tertiary alicyclic amines) is 1. The van der Waals surface area contributed by atoms with Gasteiger partial charge in [0.1, 0.15) is 12.2 Å². The number of ether oxygens (including phenoxy) is 3. The lowest BCUT2D eigenvalue weighted by molar-refractivity contribution is -0.144. The number of carbonyl (C=O) groups excluding carboxylic acids is 1. The first-order valence-corrected chi connectivity index (χ1v) is 8.35. The highest BCUT2D eigenvalue weighted by molar-refractivity contribution is 5.80. The van der Waals surface area contributed by atoms with Crippen LogP contribution in [0.5, 0.6) is 11.5 Å². The molecule has 1 aromatic rings. The summed E-state index contributed by atoms with van der Waals surface area (Å²) in [5.74, 6) is 1.58. The van der Waals surface area contributed by atoms with Crippen LogP contribution in [0.25, 0.3) is 0 Å². The second kappa shape index (κ2) is 8.77. The quantitative estimate of drug-likeness (QED) is 0.775. The van der Waals surface area contributed by atoms with Crippen molar-refractivity contribution >= 4 is 5.91 Å². The van der Waals surface area contributed by atoms with E-state index >= 15 is 0 Å². The van der Waals surface area contributed by atoms with Crippen molar-refractivity contribution < 1.29 is 19.0 Å². The first-order chi connectivity index (χ1) is 11.2. The minimum Gasteiger partial charge on any atom is -0.493 e. The largest absolute Gasteiger partial charge is 0.493 e. The number of rotatable bonds is 7. The Bertz CT molecular complexity index is 498. The molecular weight excluding hydrogens is 294 g/mol. The van der Waals surface area contributed by atoms with Crippen LogP contribution >= 0.6 is 0 Å². The average molecular weight is 321 g/mol. The second-order valence-electron chi connectivity index (χ2n) is 5.81. The van der Waals surface area contributed by atoms with Gasteiger partial charge < -0.3 is 19.1 Å². The molecule has 5 nitrogen and oxygen atoms in total. The normalized spacial score (nSPS) is 16.9. The van der Waals surface area contributed by atoms with Gasteiger partial charge in [-0.15, -0.1) is 0 Å². The van der Waals surface area contributed by atoms with Gasteiger partial charge in [0.2, 0.25) is 0 Å². The molecule has 1 amide bonds. The predicted molar refractivity (Wildman–Crippen MR) is 88.9 cm³/mol. The lowest BCUT2D eigenvalue weighted by atomic mass is 10.1. The molecule has 5 heteroatoms. The van der Waals surface area contributed by atoms with E-state index in [2.05, 4.69) is 0 Å². The Morgan fingerprint density at radius 1 is 1.26 bits per heavy atom. The zero-order valence-electron chi connectivity index (χ0n) is 14.3. The SMILES string of the molecule is CCCOC(C)C(=O)N1CCC(Oc2ccccc2OC)CC1. The first-order valence-electron chi connectivity index (χ1n) is 8.35. The average Bonchev–Trinajstić information content (AvgIpc) is 2.60. The third-order valence-corrected chi connectivity index (χ3v) is 4.04. The number of piperidine rings is 1. The maximum Gasteiger partial charge on any atom is 0.251 e. The van der Waals surface area contributed by atoms with Crippen molar-refractivity contribution in [1.29, 1.82) is 0 Å². The molecule has 1 aliphatic heterocycles. The lowest BCUT2D eigenvalue weighted by Crippen LogP contribution is -2.46. The summed E-state index contributed by atoms with van der Waals surface area (Å²) in [6.45, 7) is 5.91. The van der Waals surface area contributed by atoms with E-state index in [-0.39, 0.29) is 18.1 Å². The molecule has 1 aromatic carbocycles. The Morgan fingerprint density at radius 3 is 2.52 bits per heavy atom. The smallest absolute Gasteiger partial charge is 0.251 e. The molecule has 0 aromatic heterocycles. The van der Waals surface area contributed by atoms with Gasteiger partial charge in [0.25, 0.3) is 5.91 Å². The zero-order chi connectivity index (χ0) is 16.7. The van der Waals surface area contributed by atoms with Crippen molar-refractivity contribution in [2.75, 3.05) is 26.8 Å². The van der Waals surface area contributed by atoms with Gasteiger partial charge >= 0.3 is 0 Å². The third-order valence-electron chi connectivity index (χ3n) is 4.04. The number of carbonyl (C=O) groups is 1. The van der Waals surface area contributed by atoms with Gasteiger partial charge in [0.15, 0.2) is 11.5 Å². The van der Waals surface area contributed by atoms with Gasteiger partial charge in [-0.2, -0.15) is 0 Å². The summed E-state index contributed by atoms with van der Waals surface area (Å²) in [7, 11) is 1.64. The van der Waals surface area contributed by atoms with E-state index in [0.717, 1.165) is 30.8 Å². The van der Waals surface area contributed by atoms with Crippen LogP contribution < -0.4 is 9.47 Å². The molecule has 1 unspecified atom stereocenters. The van der Waals surface area contributed by atoms with Gasteiger partial charge in [-0.05, 0) is 25.5 Å². The highest BCUT2D eigenvalue weighted by Crippen LogP contribution is 2.29. The van der Waals surface area contributed by atoms with Crippen LogP contribution in [-0.2, 0) is 9.53 Å². The molecular formula is C18H27NO4. The van der Waals surface area contributed by atoms with E-state index < -0.39 is 0 Å². The van der Waals surface area contributed by atoms with Crippen LogP contribution in [0.15, 0.2) is 24.3 Å². The van der Waals surface area contributed by atoms with Crippen molar-refractivity contribution in [2.24, 2.45) is 0 Å². The van der Waals surface area contributed by atoms with Gasteiger partial charge in [-0.3, -0.25) is 4.79 Å².